The maximum absolute atomic E-state index is 11.5. The lowest BCUT2D eigenvalue weighted by Crippen LogP contribution is -2.23. The molecule has 4 rings (SSSR count). The highest BCUT2D eigenvalue weighted by Gasteiger charge is 2.26. The lowest BCUT2D eigenvalue weighted by Gasteiger charge is -2.13. The first-order valence-electron chi connectivity index (χ1n) is 10.7. The largest absolute Gasteiger partial charge is 0.490 e. The van der Waals surface area contributed by atoms with Crippen molar-refractivity contribution in [3.8, 4) is 34.7 Å². The van der Waals surface area contributed by atoms with Crippen LogP contribution in [-0.4, -0.2) is 35.0 Å². The molecule has 2 N–H and O–H groups in total. The van der Waals surface area contributed by atoms with Crippen molar-refractivity contribution in [3.05, 3.63) is 53.1 Å². The molecule has 0 radical (unpaired) electrons. The number of hydrogen-bond donors (Lipinski definition) is 2. The Labute approximate surface area is 196 Å². The predicted molar refractivity (Wildman–Crippen MR) is 126 cm³/mol. The molecule has 1 amide bonds. The molecule has 3 aromatic rings. The Morgan fingerprint density at radius 3 is 2.97 bits per heavy atom. The van der Waals surface area contributed by atoms with Crippen LogP contribution in [0.1, 0.15) is 43.0 Å². The number of benzene rings is 2. The van der Waals surface area contributed by atoms with E-state index in [1.807, 2.05) is 32.0 Å². The second-order valence-corrected chi connectivity index (χ2v) is 8.77. The molecule has 33 heavy (non-hydrogen) atoms. The van der Waals surface area contributed by atoms with E-state index in [1.54, 1.807) is 19.2 Å². The first kappa shape index (κ1) is 22.8. The number of aromatic nitrogens is 2. The van der Waals surface area contributed by atoms with Gasteiger partial charge in [0.2, 0.25) is 11.7 Å². The van der Waals surface area contributed by atoms with E-state index >= 15 is 0 Å². The maximum atomic E-state index is 11.5. The summed E-state index contributed by atoms with van der Waals surface area (Å²) in [6.07, 6.45) is 1.78. The highest BCUT2D eigenvalue weighted by atomic mass is 32.2. The molecule has 0 aliphatic heterocycles. The first-order chi connectivity index (χ1) is 16.0. The summed E-state index contributed by atoms with van der Waals surface area (Å²) in [6, 6.07) is 13.7. The van der Waals surface area contributed by atoms with Crippen LogP contribution in [-0.2, 0) is 11.2 Å². The van der Waals surface area contributed by atoms with Gasteiger partial charge in [-0.3, -0.25) is 9.52 Å². The van der Waals surface area contributed by atoms with Crippen molar-refractivity contribution in [2.24, 2.45) is 0 Å². The topological polar surface area (TPSA) is 113 Å². The van der Waals surface area contributed by atoms with Gasteiger partial charge in [0.05, 0.1) is 17.4 Å². The third-order valence-corrected chi connectivity index (χ3v) is 6.21. The Morgan fingerprint density at radius 2 is 2.21 bits per heavy atom. The molecule has 8 nitrogen and oxygen atoms in total. The summed E-state index contributed by atoms with van der Waals surface area (Å²) < 4.78 is 14.6. The van der Waals surface area contributed by atoms with E-state index in [0.29, 0.717) is 34.3 Å². The number of nitrogens with zero attached hydrogens (tertiary/aromatic N) is 3. The third-order valence-electron chi connectivity index (χ3n) is 5.35. The van der Waals surface area contributed by atoms with E-state index < -0.39 is 0 Å². The number of hydrogen-bond acceptors (Lipinski definition) is 8. The van der Waals surface area contributed by atoms with Gasteiger partial charge in [0.15, 0.2) is 0 Å². The van der Waals surface area contributed by atoms with Gasteiger partial charge in [-0.15, -0.1) is 0 Å². The molecular formula is C24H25N5O3S. The maximum Gasteiger partial charge on any atom is 0.258 e. The van der Waals surface area contributed by atoms with Crippen molar-refractivity contribution in [1.29, 1.82) is 5.26 Å². The summed E-state index contributed by atoms with van der Waals surface area (Å²) in [5, 5.41) is 16.3. The number of rotatable bonds is 8. The second-order valence-electron chi connectivity index (χ2n) is 7.96. The molecule has 1 heterocycles. The molecule has 0 saturated heterocycles. The molecule has 0 saturated carbocycles. The van der Waals surface area contributed by atoms with Crippen molar-refractivity contribution >= 4 is 17.9 Å². The van der Waals surface area contributed by atoms with Gasteiger partial charge < -0.3 is 14.6 Å². The Hall–Kier alpha value is -3.35. The zero-order valence-electron chi connectivity index (χ0n) is 18.7. The van der Waals surface area contributed by atoms with E-state index in [0.717, 1.165) is 18.4 Å². The van der Waals surface area contributed by atoms with Crippen molar-refractivity contribution < 1.29 is 14.1 Å². The Kier molecular flexibility index (Phi) is 6.96. The normalized spacial score (nSPS) is 14.7. The van der Waals surface area contributed by atoms with Gasteiger partial charge in [0.1, 0.15) is 11.8 Å². The molecule has 1 aromatic heterocycles. The van der Waals surface area contributed by atoms with Crippen LogP contribution in [0.15, 0.2) is 40.9 Å². The van der Waals surface area contributed by atoms with E-state index in [-0.39, 0.29) is 18.1 Å². The zero-order valence-corrected chi connectivity index (χ0v) is 19.5. The highest BCUT2D eigenvalue weighted by molar-refractivity contribution is 7.98. The van der Waals surface area contributed by atoms with Crippen LogP contribution in [0.25, 0.3) is 22.8 Å². The van der Waals surface area contributed by atoms with E-state index in [2.05, 4.69) is 32.3 Å². The minimum absolute atomic E-state index is 0.0119. The minimum Gasteiger partial charge on any atom is -0.490 e. The number of amides is 1. The number of carbonyl (C=O) groups excluding carboxylic acids is 1. The smallest absolute Gasteiger partial charge is 0.258 e. The van der Waals surface area contributed by atoms with Crippen LogP contribution in [0.2, 0.25) is 0 Å². The SMILES string of the molecule is CNC(=O)CSNC1CCc2c(-c3noc(-c4ccc(OC(C)C)c(C#N)c4)n3)cccc21. The molecule has 1 unspecified atom stereocenters. The minimum atomic E-state index is -0.0290. The molecule has 9 heteroatoms. The van der Waals surface area contributed by atoms with E-state index in [9.17, 15) is 10.1 Å². The Bertz CT molecular complexity index is 1200. The van der Waals surface area contributed by atoms with Crippen LogP contribution < -0.4 is 14.8 Å². The van der Waals surface area contributed by atoms with Crippen molar-refractivity contribution in [3.63, 3.8) is 0 Å². The monoisotopic (exact) mass is 463 g/mol. The molecule has 1 atom stereocenters. The van der Waals surface area contributed by atoms with Gasteiger partial charge in [-0.25, -0.2) is 0 Å². The van der Waals surface area contributed by atoms with Crippen LogP contribution >= 0.6 is 11.9 Å². The summed E-state index contributed by atoms with van der Waals surface area (Å²) >= 11 is 1.41. The summed E-state index contributed by atoms with van der Waals surface area (Å²) in [5.74, 6) is 1.75. The van der Waals surface area contributed by atoms with Gasteiger partial charge in [-0.1, -0.05) is 35.3 Å². The molecule has 0 spiro atoms. The quantitative estimate of drug-likeness (QED) is 0.482. The second kappa shape index (κ2) is 10.1. The van der Waals surface area contributed by atoms with E-state index in [1.165, 1.54) is 23.1 Å². The van der Waals surface area contributed by atoms with Gasteiger partial charge in [-0.2, -0.15) is 10.2 Å². The summed E-state index contributed by atoms with van der Waals surface area (Å²) in [5.41, 5.74) is 4.39. The Balaban J connectivity index is 1.55. The fourth-order valence-electron chi connectivity index (χ4n) is 3.82. The number of fused-ring (bicyclic) bond motifs is 1. The zero-order chi connectivity index (χ0) is 23.4. The summed E-state index contributed by atoms with van der Waals surface area (Å²) in [6.45, 7) is 3.83. The van der Waals surface area contributed by atoms with Crippen molar-refractivity contribution in [2.45, 2.75) is 38.8 Å². The van der Waals surface area contributed by atoms with Gasteiger partial charge >= 0.3 is 0 Å². The fourth-order valence-corrected chi connectivity index (χ4v) is 4.63. The highest BCUT2D eigenvalue weighted by Crippen LogP contribution is 2.38. The molecule has 2 aromatic carbocycles. The van der Waals surface area contributed by atoms with Crippen molar-refractivity contribution in [2.75, 3.05) is 12.8 Å². The van der Waals surface area contributed by atoms with Crippen LogP contribution in [0.4, 0.5) is 0 Å². The van der Waals surface area contributed by atoms with Gasteiger partial charge in [0.25, 0.3) is 5.89 Å². The summed E-state index contributed by atoms with van der Waals surface area (Å²) in [7, 11) is 1.63. The van der Waals surface area contributed by atoms with E-state index in [4.69, 9.17) is 9.26 Å². The van der Waals surface area contributed by atoms with Crippen molar-refractivity contribution in [1.82, 2.24) is 20.2 Å². The fraction of sp³-hybridized carbons (Fsp3) is 0.333. The number of carbonyl (C=O) groups is 1. The van der Waals surface area contributed by atoms with Gasteiger partial charge in [0, 0.05) is 24.2 Å². The third kappa shape index (κ3) is 5.02. The average molecular weight is 464 g/mol. The average Bonchev–Trinajstić information content (AvgIpc) is 3.46. The molecule has 1 aliphatic rings. The molecular weight excluding hydrogens is 438 g/mol. The molecule has 0 bridgehead atoms. The van der Waals surface area contributed by atoms with Crippen LogP contribution in [0.5, 0.6) is 5.75 Å². The number of nitriles is 1. The number of ether oxygens (including phenoxy) is 1. The lowest BCUT2D eigenvalue weighted by molar-refractivity contribution is -0.118. The molecule has 0 fully saturated rings. The van der Waals surface area contributed by atoms with Gasteiger partial charge in [-0.05, 0) is 56.0 Å². The van der Waals surface area contributed by atoms with Crippen LogP contribution in [0.3, 0.4) is 0 Å². The van der Waals surface area contributed by atoms with Crippen LogP contribution in [0, 0.1) is 11.3 Å². The molecule has 1 aliphatic carbocycles. The molecule has 170 valence electrons. The Morgan fingerprint density at radius 1 is 1.36 bits per heavy atom. The summed E-state index contributed by atoms with van der Waals surface area (Å²) in [4.78, 5) is 16.1. The number of nitrogens with one attached hydrogen (secondary N) is 2. The first-order valence-corrected chi connectivity index (χ1v) is 11.7. The standard InChI is InChI=1S/C24H25N5O3S/c1-14(2)31-21-10-7-15(11-16(21)12-25)24-27-23(28-32-24)19-6-4-5-18-17(19)8-9-20(18)29-33-13-22(30)26-3/h4-7,10-11,14,20,29H,8-9,13H2,1-3H3,(H,26,30). The lowest BCUT2D eigenvalue weighted by atomic mass is 10.0. The predicted octanol–water partition coefficient (Wildman–Crippen LogP) is 4.03.